The summed E-state index contributed by atoms with van der Waals surface area (Å²) in [6, 6.07) is 10.1. The van der Waals surface area contributed by atoms with Gasteiger partial charge in [-0.1, -0.05) is 24.3 Å². The molecule has 0 unspecified atom stereocenters. The molecule has 210 valence electrons. The van der Waals surface area contributed by atoms with Crippen molar-refractivity contribution >= 4 is 53.6 Å². The third-order valence-electron chi connectivity index (χ3n) is 5.03. The molecule has 4 aromatic rings. The molecule has 2 amide bonds. The average molecular weight is 627 g/mol. The third-order valence-corrected chi connectivity index (χ3v) is 8.90. The van der Waals surface area contributed by atoms with E-state index >= 15 is 0 Å². The second-order valence-corrected chi connectivity index (χ2v) is 12.6. The summed E-state index contributed by atoms with van der Waals surface area (Å²) in [7, 11) is -7.48. The lowest BCUT2D eigenvalue weighted by Crippen LogP contribution is -2.26. The van der Waals surface area contributed by atoms with Crippen LogP contribution in [0.4, 0.5) is 0 Å². The molecular weight excluding hydrogens is 609 g/mol. The van der Waals surface area contributed by atoms with E-state index < -0.39 is 41.8 Å². The Hall–Kier alpha value is -3.82. The number of carbonyl (C=O) groups excluding carboxylic acids is 2. The molecule has 0 spiro atoms. The van der Waals surface area contributed by atoms with Gasteiger partial charge in [0.2, 0.25) is 10.3 Å². The standard InChI is InChI=1S/C20H18N8O8S4/c1-11-21-23-19(27(11)25-17(29)13-7-3-5-9-15(13)39(31,32)33)37-38-20-24-22-12(2)28(20)26-18(30)14-8-4-6-10-16(14)40(34,35)36/h3-10H,1-2H3,(H,25,29)(H,26,30)(H,31,32,33)(H,34,35,36). The maximum absolute atomic E-state index is 12.9. The molecular formula is C20H18N8O8S4. The van der Waals surface area contributed by atoms with Crippen molar-refractivity contribution in [1.29, 1.82) is 0 Å². The number of benzene rings is 2. The minimum Gasteiger partial charge on any atom is -0.282 e. The van der Waals surface area contributed by atoms with Crippen LogP contribution >= 0.6 is 21.6 Å². The van der Waals surface area contributed by atoms with Crippen molar-refractivity contribution in [3.8, 4) is 0 Å². The van der Waals surface area contributed by atoms with E-state index in [9.17, 15) is 35.5 Å². The Morgan fingerprint density at radius 3 is 1.38 bits per heavy atom. The van der Waals surface area contributed by atoms with E-state index in [2.05, 4.69) is 31.2 Å². The molecule has 0 saturated carbocycles. The zero-order valence-corrected chi connectivity index (χ0v) is 23.5. The first-order valence-electron chi connectivity index (χ1n) is 10.7. The van der Waals surface area contributed by atoms with Gasteiger partial charge in [0.15, 0.2) is 0 Å². The fraction of sp³-hybridized carbons (Fsp3) is 0.100. The van der Waals surface area contributed by atoms with Crippen molar-refractivity contribution in [3.63, 3.8) is 0 Å². The van der Waals surface area contributed by atoms with Crippen molar-refractivity contribution in [2.75, 3.05) is 10.9 Å². The molecule has 40 heavy (non-hydrogen) atoms. The number of amides is 2. The highest BCUT2D eigenvalue weighted by atomic mass is 33.1. The fourth-order valence-electron chi connectivity index (χ4n) is 3.21. The number of hydrogen-bond acceptors (Lipinski definition) is 12. The van der Waals surface area contributed by atoms with E-state index in [1.165, 1.54) is 59.6 Å². The van der Waals surface area contributed by atoms with Crippen LogP contribution in [0.3, 0.4) is 0 Å². The van der Waals surface area contributed by atoms with E-state index in [1.807, 2.05) is 0 Å². The van der Waals surface area contributed by atoms with Gasteiger partial charge in [0.1, 0.15) is 21.4 Å². The lowest BCUT2D eigenvalue weighted by atomic mass is 10.2. The van der Waals surface area contributed by atoms with Gasteiger partial charge >= 0.3 is 0 Å². The molecule has 2 aromatic heterocycles. The molecule has 16 nitrogen and oxygen atoms in total. The summed E-state index contributed by atoms with van der Waals surface area (Å²) in [5, 5.41) is 16.0. The summed E-state index contributed by atoms with van der Waals surface area (Å²) in [4.78, 5) is 24.5. The monoisotopic (exact) mass is 626 g/mol. The van der Waals surface area contributed by atoms with Crippen LogP contribution in [-0.2, 0) is 20.2 Å². The maximum Gasteiger partial charge on any atom is 0.295 e. The lowest BCUT2D eigenvalue weighted by molar-refractivity contribution is 0.0994. The van der Waals surface area contributed by atoms with Crippen LogP contribution in [0.25, 0.3) is 0 Å². The first-order chi connectivity index (χ1) is 18.8. The smallest absolute Gasteiger partial charge is 0.282 e. The second kappa shape index (κ2) is 11.3. The van der Waals surface area contributed by atoms with Gasteiger partial charge in [-0.2, -0.15) is 16.8 Å². The lowest BCUT2D eigenvalue weighted by Gasteiger charge is -2.12. The molecule has 0 atom stereocenters. The Morgan fingerprint density at radius 1 is 0.675 bits per heavy atom. The van der Waals surface area contributed by atoms with E-state index in [0.717, 1.165) is 33.7 Å². The van der Waals surface area contributed by atoms with Gasteiger partial charge in [-0.3, -0.25) is 29.5 Å². The van der Waals surface area contributed by atoms with Crippen molar-refractivity contribution < 1.29 is 35.5 Å². The Labute approximate surface area is 234 Å². The van der Waals surface area contributed by atoms with E-state index in [0.29, 0.717) is 0 Å². The largest absolute Gasteiger partial charge is 0.295 e. The Balaban J connectivity index is 1.54. The third kappa shape index (κ3) is 6.32. The normalized spacial score (nSPS) is 11.8. The summed E-state index contributed by atoms with van der Waals surface area (Å²) >= 11 is 0. The summed E-state index contributed by atoms with van der Waals surface area (Å²) < 4.78 is 67.9. The number of nitrogens with one attached hydrogen (secondary N) is 2. The van der Waals surface area contributed by atoms with Gasteiger partial charge in [-0.15, -0.1) is 20.4 Å². The molecule has 2 heterocycles. The summed E-state index contributed by atoms with van der Waals surface area (Å²) in [6.45, 7) is 3.05. The van der Waals surface area contributed by atoms with Crippen LogP contribution in [0, 0.1) is 13.8 Å². The van der Waals surface area contributed by atoms with Crippen LogP contribution in [-0.4, -0.2) is 67.5 Å². The zero-order valence-electron chi connectivity index (χ0n) is 20.3. The first-order valence-corrected chi connectivity index (χ1v) is 15.7. The molecule has 0 aliphatic heterocycles. The van der Waals surface area contributed by atoms with Gasteiger partial charge in [0.05, 0.1) is 11.1 Å². The highest BCUT2D eigenvalue weighted by Gasteiger charge is 2.24. The predicted octanol–water partition coefficient (Wildman–Crippen LogP) is 1.55. The van der Waals surface area contributed by atoms with Crippen LogP contribution in [0.1, 0.15) is 32.4 Å². The van der Waals surface area contributed by atoms with Gasteiger partial charge in [0.25, 0.3) is 32.1 Å². The molecule has 20 heteroatoms. The maximum atomic E-state index is 12.9. The molecule has 4 rings (SSSR count). The molecule has 0 aliphatic carbocycles. The summed E-state index contributed by atoms with van der Waals surface area (Å²) in [5.74, 6) is -1.28. The molecule has 0 bridgehead atoms. The van der Waals surface area contributed by atoms with E-state index in [4.69, 9.17) is 0 Å². The van der Waals surface area contributed by atoms with Gasteiger partial charge in [-0.05, 0) is 59.7 Å². The minimum absolute atomic E-state index is 0.121. The zero-order chi connectivity index (χ0) is 29.2. The summed E-state index contributed by atoms with van der Waals surface area (Å²) in [6.07, 6.45) is 0. The number of aromatic nitrogens is 6. The average Bonchev–Trinajstić information content (AvgIpc) is 3.42. The van der Waals surface area contributed by atoms with Crippen LogP contribution in [0.5, 0.6) is 0 Å². The Bertz CT molecular complexity index is 1700. The molecule has 4 N–H and O–H groups in total. The van der Waals surface area contributed by atoms with Crippen LogP contribution in [0.15, 0.2) is 68.6 Å². The van der Waals surface area contributed by atoms with E-state index in [1.54, 1.807) is 0 Å². The minimum atomic E-state index is -4.68. The van der Waals surface area contributed by atoms with Crippen LogP contribution in [0.2, 0.25) is 0 Å². The van der Waals surface area contributed by atoms with Gasteiger partial charge in [0, 0.05) is 0 Å². The molecule has 2 aromatic carbocycles. The number of nitrogens with zero attached hydrogens (tertiary/aromatic N) is 6. The highest BCUT2D eigenvalue weighted by molar-refractivity contribution is 8.76. The molecule has 0 radical (unpaired) electrons. The predicted molar refractivity (Wildman–Crippen MR) is 141 cm³/mol. The summed E-state index contributed by atoms with van der Waals surface area (Å²) in [5.41, 5.74) is 4.31. The van der Waals surface area contributed by atoms with Crippen LogP contribution < -0.4 is 10.9 Å². The van der Waals surface area contributed by atoms with Gasteiger partial charge in [-0.25, -0.2) is 9.35 Å². The van der Waals surface area contributed by atoms with E-state index in [-0.39, 0.29) is 33.1 Å². The Morgan fingerprint density at radius 2 is 1.02 bits per heavy atom. The van der Waals surface area contributed by atoms with Crippen molar-refractivity contribution in [1.82, 2.24) is 29.7 Å². The quantitative estimate of drug-likeness (QED) is 0.153. The van der Waals surface area contributed by atoms with Gasteiger partial charge < -0.3 is 0 Å². The van der Waals surface area contributed by atoms with Crippen molar-refractivity contribution in [3.05, 3.63) is 71.3 Å². The van der Waals surface area contributed by atoms with Crippen molar-refractivity contribution in [2.24, 2.45) is 0 Å². The molecule has 0 fully saturated rings. The number of hydrogen-bond donors (Lipinski definition) is 4. The topological polar surface area (TPSA) is 228 Å². The SMILES string of the molecule is Cc1nnc(SSc2nnc(C)n2NC(=O)c2ccccc2S(=O)(=O)O)n1NC(=O)c1ccccc1S(=O)(=O)O. The molecule has 0 aliphatic rings. The highest BCUT2D eigenvalue weighted by Crippen LogP contribution is 2.35. The fourth-order valence-corrected chi connectivity index (χ4v) is 6.48. The second-order valence-electron chi connectivity index (χ2n) is 7.72. The number of aryl methyl sites for hydroxylation is 2. The Kier molecular flexibility index (Phi) is 8.28. The number of carbonyl (C=O) groups is 2. The van der Waals surface area contributed by atoms with Crippen molar-refractivity contribution in [2.45, 2.75) is 34.0 Å². The number of rotatable bonds is 9. The first kappa shape index (κ1) is 29.2. The molecule has 0 saturated heterocycles.